The summed E-state index contributed by atoms with van der Waals surface area (Å²) in [7, 11) is 0. The van der Waals surface area contributed by atoms with Gasteiger partial charge in [0.05, 0.1) is 0 Å². The van der Waals surface area contributed by atoms with Gasteiger partial charge in [0.25, 0.3) is 0 Å². The molecule has 19 heavy (non-hydrogen) atoms. The van der Waals surface area contributed by atoms with Crippen LogP contribution in [0.4, 0.5) is 4.79 Å². The average Bonchev–Trinajstić information content (AvgIpc) is 2.91. The maximum Gasteiger partial charge on any atom is 0.360 e. The second-order valence-corrected chi connectivity index (χ2v) is 4.36. The fraction of sp³-hybridized carbons (Fsp3) is 0.143. The quantitative estimate of drug-likeness (QED) is 0.847. The van der Waals surface area contributed by atoms with Crippen molar-refractivity contribution in [2.75, 3.05) is 0 Å². The van der Waals surface area contributed by atoms with E-state index in [0.29, 0.717) is 5.69 Å². The second-order valence-electron chi connectivity index (χ2n) is 4.36. The van der Waals surface area contributed by atoms with Gasteiger partial charge < -0.3 is 0 Å². The zero-order valence-electron chi connectivity index (χ0n) is 10.4. The first kappa shape index (κ1) is 11.7. The number of hydrogen-bond acceptors (Lipinski definition) is 3. The lowest BCUT2D eigenvalue weighted by atomic mass is 10.2. The molecule has 0 unspecified atom stereocenters. The number of benzene rings is 1. The zero-order valence-corrected chi connectivity index (χ0v) is 10.4. The third kappa shape index (κ3) is 1.84. The van der Waals surface area contributed by atoms with E-state index >= 15 is 0 Å². The van der Waals surface area contributed by atoms with Gasteiger partial charge in [-0.05, 0) is 24.1 Å². The van der Waals surface area contributed by atoms with Gasteiger partial charge in [-0.3, -0.25) is 14.2 Å². The van der Waals surface area contributed by atoms with Crippen molar-refractivity contribution in [1.29, 1.82) is 0 Å². The molecule has 0 atom stereocenters. The smallest absolute Gasteiger partial charge is 0.264 e. The van der Waals surface area contributed by atoms with Gasteiger partial charge in [-0.2, -0.15) is 0 Å². The van der Waals surface area contributed by atoms with Crippen molar-refractivity contribution in [1.82, 2.24) is 9.63 Å². The Hall–Kier alpha value is -2.40. The monoisotopic (exact) mass is 256 g/mol. The number of aromatic nitrogens is 1. The van der Waals surface area contributed by atoms with Crippen LogP contribution in [0.15, 0.2) is 42.6 Å². The summed E-state index contributed by atoms with van der Waals surface area (Å²) in [6.45, 7) is 1.97. The molecule has 0 saturated carbocycles. The van der Waals surface area contributed by atoms with Crippen molar-refractivity contribution < 1.29 is 14.4 Å². The summed E-state index contributed by atoms with van der Waals surface area (Å²) >= 11 is 0. The van der Waals surface area contributed by atoms with E-state index in [4.69, 9.17) is 4.84 Å². The van der Waals surface area contributed by atoms with E-state index < -0.39 is 11.9 Å². The molecule has 5 nitrogen and oxygen atoms in total. The Kier molecular flexibility index (Phi) is 2.68. The molecule has 0 spiro atoms. The third-order valence-corrected chi connectivity index (χ3v) is 3.06. The topological polar surface area (TPSA) is 51.5 Å². The van der Waals surface area contributed by atoms with Crippen LogP contribution in [0.1, 0.15) is 21.6 Å². The van der Waals surface area contributed by atoms with E-state index in [1.54, 1.807) is 19.2 Å². The first-order valence-electron chi connectivity index (χ1n) is 5.92. The maximum absolute atomic E-state index is 12.1. The van der Waals surface area contributed by atoms with Gasteiger partial charge >= 0.3 is 11.9 Å². The molecule has 2 aromatic rings. The van der Waals surface area contributed by atoms with E-state index in [-0.39, 0.29) is 6.61 Å². The van der Waals surface area contributed by atoms with Crippen molar-refractivity contribution in [2.45, 2.75) is 13.5 Å². The molecule has 2 heterocycles. The molecule has 1 aromatic heterocycles. The third-order valence-electron chi connectivity index (χ3n) is 3.06. The summed E-state index contributed by atoms with van der Waals surface area (Å²) in [6, 6.07) is 10.7. The Morgan fingerprint density at radius 3 is 2.53 bits per heavy atom. The van der Waals surface area contributed by atoms with Gasteiger partial charge in [-0.1, -0.05) is 30.3 Å². The molecule has 5 heteroatoms. The molecule has 0 bridgehead atoms. The van der Waals surface area contributed by atoms with Crippen LogP contribution in [0.25, 0.3) is 0 Å². The Morgan fingerprint density at radius 1 is 1.11 bits per heavy atom. The number of carbonyl (C=O) groups is 2. The van der Waals surface area contributed by atoms with Gasteiger partial charge in [0.2, 0.25) is 0 Å². The van der Waals surface area contributed by atoms with Crippen LogP contribution in [-0.4, -0.2) is 21.6 Å². The predicted octanol–water partition coefficient (Wildman–Crippen LogP) is 2.35. The van der Waals surface area contributed by atoms with Gasteiger partial charge in [-0.15, -0.1) is 5.06 Å². The first-order valence-corrected chi connectivity index (χ1v) is 5.92. The summed E-state index contributed by atoms with van der Waals surface area (Å²) in [5, 5.41) is 0.815. The van der Waals surface area contributed by atoms with Crippen LogP contribution >= 0.6 is 0 Å². The number of aryl methyl sites for hydroxylation is 1. The number of amides is 2. The largest absolute Gasteiger partial charge is 0.360 e. The van der Waals surface area contributed by atoms with E-state index in [0.717, 1.165) is 16.2 Å². The fourth-order valence-electron chi connectivity index (χ4n) is 2.07. The van der Waals surface area contributed by atoms with E-state index in [9.17, 15) is 9.59 Å². The van der Waals surface area contributed by atoms with E-state index in [2.05, 4.69) is 0 Å². The minimum absolute atomic E-state index is 0.183. The highest BCUT2D eigenvalue weighted by Crippen LogP contribution is 2.22. The predicted molar refractivity (Wildman–Crippen MR) is 67.4 cm³/mol. The van der Waals surface area contributed by atoms with Crippen molar-refractivity contribution in [3.8, 4) is 0 Å². The van der Waals surface area contributed by atoms with E-state index in [1.807, 2.05) is 30.3 Å². The number of nitrogens with zero attached hydrogens (tertiary/aromatic N) is 2. The lowest BCUT2D eigenvalue weighted by molar-refractivity contribution is -0.0923. The Bertz CT molecular complexity index is 646. The summed E-state index contributed by atoms with van der Waals surface area (Å²) in [5.41, 5.74) is 2.04. The van der Waals surface area contributed by atoms with Crippen LogP contribution in [-0.2, 0) is 11.4 Å². The minimum Gasteiger partial charge on any atom is -0.264 e. The molecule has 0 radical (unpaired) electrons. The summed E-state index contributed by atoms with van der Waals surface area (Å²) in [5.74, 6) is -0.413. The van der Waals surface area contributed by atoms with Gasteiger partial charge in [0.1, 0.15) is 12.3 Å². The number of rotatable bonds is 3. The van der Waals surface area contributed by atoms with Crippen LogP contribution < -0.4 is 0 Å². The Morgan fingerprint density at radius 2 is 1.84 bits per heavy atom. The zero-order chi connectivity index (χ0) is 13.4. The number of imide groups is 1. The van der Waals surface area contributed by atoms with Crippen molar-refractivity contribution in [3.05, 3.63) is 59.4 Å². The van der Waals surface area contributed by atoms with Crippen LogP contribution in [0.5, 0.6) is 0 Å². The summed E-state index contributed by atoms with van der Waals surface area (Å²) in [6.07, 6.45) is 1.58. The lowest BCUT2D eigenvalue weighted by Gasteiger charge is -2.12. The van der Waals surface area contributed by atoms with E-state index in [1.165, 1.54) is 4.57 Å². The molecule has 0 aliphatic carbocycles. The SMILES string of the molecule is Cc1ccn2c1C(=O)N(OCc1ccccc1)C2=O. The normalized spacial score (nSPS) is 14.1. The van der Waals surface area contributed by atoms with Gasteiger partial charge in [-0.25, -0.2) is 4.79 Å². The van der Waals surface area contributed by atoms with Crippen molar-refractivity contribution >= 4 is 11.9 Å². The summed E-state index contributed by atoms with van der Waals surface area (Å²) < 4.78 is 1.31. The maximum atomic E-state index is 12.1. The highest BCUT2D eigenvalue weighted by Gasteiger charge is 2.37. The molecule has 0 saturated heterocycles. The Labute approximate surface area is 110 Å². The molecule has 1 aromatic carbocycles. The van der Waals surface area contributed by atoms with Crippen LogP contribution in [0.3, 0.4) is 0 Å². The molecular weight excluding hydrogens is 244 g/mol. The van der Waals surface area contributed by atoms with Crippen molar-refractivity contribution in [3.63, 3.8) is 0 Å². The molecule has 1 aliphatic rings. The highest BCUT2D eigenvalue weighted by molar-refractivity contribution is 6.11. The standard InChI is InChI=1S/C14H12N2O3/c1-10-7-8-15-12(10)13(17)16(14(15)18)19-9-11-5-3-2-4-6-11/h2-8H,9H2,1H3. The number of hydroxylamine groups is 2. The molecule has 96 valence electrons. The number of hydrogen-bond donors (Lipinski definition) is 0. The first-order chi connectivity index (χ1) is 9.18. The van der Waals surface area contributed by atoms with Crippen molar-refractivity contribution in [2.24, 2.45) is 0 Å². The molecule has 1 aliphatic heterocycles. The second kappa shape index (κ2) is 4.37. The lowest BCUT2D eigenvalue weighted by Crippen LogP contribution is -2.31. The molecule has 2 amide bonds. The molecular formula is C14H12N2O3. The van der Waals surface area contributed by atoms with Gasteiger partial charge in [0, 0.05) is 6.20 Å². The fourth-order valence-corrected chi connectivity index (χ4v) is 2.07. The van der Waals surface area contributed by atoms with Crippen LogP contribution in [0, 0.1) is 6.92 Å². The van der Waals surface area contributed by atoms with Crippen LogP contribution in [0.2, 0.25) is 0 Å². The summed E-state index contributed by atoms with van der Waals surface area (Å²) in [4.78, 5) is 29.4. The minimum atomic E-state index is -0.468. The Balaban J connectivity index is 1.78. The molecule has 0 N–H and O–H groups in total. The molecule has 3 rings (SSSR count). The number of fused-ring (bicyclic) bond motifs is 1. The highest BCUT2D eigenvalue weighted by atomic mass is 16.7. The van der Waals surface area contributed by atoms with Gasteiger partial charge in [0.15, 0.2) is 0 Å². The average molecular weight is 256 g/mol. The number of carbonyl (C=O) groups excluding carboxylic acids is 2. The molecule has 0 fully saturated rings.